The number of amides is 1. The van der Waals surface area contributed by atoms with Gasteiger partial charge in [-0.1, -0.05) is 42.1 Å². The summed E-state index contributed by atoms with van der Waals surface area (Å²) >= 11 is 1.28. The van der Waals surface area contributed by atoms with Crippen LogP contribution in [0, 0.1) is 0 Å². The van der Waals surface area contributed by atoms with E-state index in [9.17, 15) is 4.79 Å². The van der Waals surface area contributed by atoms with Crippen molar-refractivity contribution in [2.45, 2.75) is 18.2 Å². The summed E-state index contributed by atoms with van der Waals surface area (Å²) in [6, 6.07) is 15.0. The molecule has 1 N–H and O–H groups in total. The number of methoxy groups -OCH3 is 1. The van der Waals surface area contributed by atoms with Gasteiger partial charge < -0.3 is 14.5 Å². The molecular weight excluding hydrogens is 324 g/mol. The normalized spacial score (nSPS) is 12.1. The lowest BCUT2D eigenvalue weighted by Gasteiger charge is -2.16. The number of carbonyl (C=O) groups excluding carboxylic acids is 1. The summed E-state index contributed by atoms with van der Waals surface area (Å²) in [6.07, 6.45) is 0. The third-order valence-corrected chi connectivity index (χ3v) is 4.41. The summed E-state index contributed by atoms with van der Waals surface area (Å²) in [4.78, 5) is 16.5. The molecule has 0 radical (unpaired) electrons. The van der Waals surface area contributed by atoms with Crippen LogP contribution in [-0.4, -0.2) is 23.8 Å². The highest BCUT2D eigenvalue weighted by Crippen LogP contribution is 2.25. The Morgan fingerprint density at radius 1 is 1.25 bits per heavy atom. The fourth-order valence-electron chi connectivity index (χ4n) is 2.43. The zero-order chi connectivity index (χ0) is 16.9. The first-order valence-electron chi connectivity index (χ1n) is 7.58. The first-order valence-corrected chi connectivity index (χ1v) is 8.56. The molecule has 0 fully saturated rings. The Morgan fingerprint density at radius 2 is 2.00 bits per heavy atom. The number of oxazole rings is 1. The van der Waals surface area contributed by atoms with Gasteiger partial charge in [-0.2, -0.15) is 0 Å². The summed E-state index contributed by atoms with van der Waals surface area (Å²) < 4.78 is 10.9. The first-order chi connectivity index (χ1) is 11.7. The molecule has 1 unspecified atom stereocenters. The van der Waals surface area contributed by atoms with Crippen LogP contribution in [0.4, 0.5) is 0 Å². The fourth-order valence-corrected chi connectivity index (χ4v) is 3.07. The molecule has 1 atom stereocenters. The van der Waals surface area contributed by atoms with Crippen LogP contribution in [0.1, 0.15) is 18.5 Å². The molecule has 0 aliphatic carbocycles. The first kappa shape index (κ1) is 16.4. The second-order valence-corrected chi connectivity index (χ2v) is 6.19. The summed E-state index contributed by atoms with van der Waals surface area (Å²) in [5.74, 6) is 0.921. The van der Waals surface area contributed by atoms with Crippen LogP contribution in [0.5, 0.6) is 5.75 Å². The summed E-state index contributed by atoms with van der Waals surface area (Å²) in [6.45, 7) is 1.93. The highest BCUT2D eigenvalue weighted by Gasteiger charge is 2.15. The van der Waals surface area contributed by atoms with E-state index in [1.54, 1.807) is 7.11 Å². The monoisotopic (exact) mass is 342 g/mol. The molecule has 0 saturated carbocycles. The van der Waals surface area contributed by atoms with Gasteiger partial charge in [0.25, 0.3) is 5.22 Å². The van der Waals surface area contributed by atoms with Gasteiger partial charge in [0.15, 0.2) is 5.58 Å². The quantitative estimate of drug-likeness (QED) is 0.690. The van der Waals surface area contributed by atoms with E-state index in [-0.39, 0.29) is 17.7 Å². The Bertz CT molecular complexity index is 814. The smallest absolute Gasteiger partial charge is 0.257 e. The van der Waals surface area contributed by atoms with Crippen molar-refractivity contribution >= 4 is 28.8 Å². The molecule has 24 heavy (non-hydrogen) atoms. The third-order valence-electron chi connectivity index (χ3n) is 3.58. The van der Waals surface area contributed by atoms with E-state index in [0.29, 0.717) is 5.22 Å². The van der Waals surface area contributed by atoms with E-state index in [2.05, 4.69) is 10.3 Å². The number of hydrogen-bond acceptors (Lipinski definition) is 5. The molecule has 1 heterocycles. The number of thioether (sulfide) groups is 1. The molecule has 6 heteroatoms. The molecule has 0 bridgehead atoms. The van der Waals surface area contributed by atoms with Crippen molar-refractivity contribution in [3.05, 3.63) is 54.1 Å². The Kier molecular flexibility index (Phi) is 5.05. The molecule has 0 spiro atoms. The minimum Gasteiger partial charge on any atom is -0.496 e. The number of rotatable bonds is 6. The van der Waals surface area contributed by atoms with Gasteiger partial charge >= 0.3 is 0 Å². The van der Waals surface area contributed by atoms with Crippen molar-refractivity contribution in [3.8, 4) is 5.75 Å². The van der Waals surface area contributed by atoms with E-state index < -0.39 is 0 Å². The number of para-hydroxylation sites is 3. The van der Waals surface area contributed by atoms with Crippen LogP contribution in [0.15, 0.2) is 58.2 Å². The number of benzene rings is 2. The zero-order valence-electron chi connectivity index (χ0n) is 13.5. The lowest BCUT2D eigenvalue weighted by atomic mass is 10.1. The maximum absolute atomic E-state index is 12.2. The highest BCUT2D eigenvalue weighted by molar-refractivity contribution is 7.99. The Morgan fingerprint density at radius 3 is 2.79 bits per heavy atom. The maximum Gasteiger partial charge on any atom is 0.257 e. The largest absolute Gasteiger partial charge is 0.496 e. The van der Waals surface area contributed by atoms with Crippen molar-refractivity contribution in [1.29, 1.82) is 0 Å². The van der Waals surface area contributed by atoms with Crippen LogP contribution in [0.3, 0.4) is 0 Å². The molecule has 1 amide bonds. The van der Waals surface area contributed by atoms with E-state index in [4.69, 9.17) is 9.15 Å². The van der Waals surface area contributed by atoms with Crippen molar-refractivity contribution in [2.75, 3.05) is 12.9 Å². The number of nitrogens with one attached hydrogen (secondary N) is 1. The average Bonchev–Trinajstić information content (AvgIpc) is 3.03. The molecule has 1 aromatic heterocycles. The van der Waals surface area contributed by atoms with E-state index >= 15 is 0 Å². The Labute approximate surface area is 144 Å². The van der Waals surface area contributed by atoms with Crippen LogP contribution in [-0.2, 0) is 4.79 Å². The van der Waals surface area contributed by atoms with Gasteiger partial charge in [-0.15, -0.1) is 0 Å². The lowest BCUT2D eigenvalue weighted by Crippen LogP contribution is -2.28. The van der Waals surface area contributed by atoms with Gasteiger partial charge in [0.05, 0.1) is 18.9 Å². The molecule has 3 aromatic rings. The maximum atomic E-state index is 12.2. The van der Waals surface area contributed by atoms with E-state index in [1.807, 2.05) is 55.5 Å². The van der Waals surface area contributed by atoms with Crippen LogP contribution < -0.4 is 10.1 Å². The van der Waals surface area contributed by atoms with Gasteiger partial charge in [0.2, 0.25) is 5.91 Å². The number of aromatic nitrogens is 1. The topological polar surface area (TPSA) is 64.4 Å². The minimum atomic E-state index is -0.141. The highest BCUT2D eigenvalue weighted by atomic mass is 32.2. The number of fused-ring (bicyclic) bond motifs is 1. The van der Waals surface area contributed by atoms with Crippen molar-refractivity contribution in [1.82, 2.24) is 10.3 Å². The Hall–Kier alpha value is -2.47. The van der Waals surface area contributed by atoms with Crippen LogP contribution >= 0.6 is 11.8 Å². The molecule has 2 aromatic carbocycles. The van der Waals surface area contributed by atoms with Gasteiger partial charge in [0.1, 0.15) is 11.3 Å². The molecule has 0 saturated heterocycles. The van der Waals surface area contributed by atoms with Gasteiger partial charge in [-0.3, -0.25) is 4.79 Å². The summed E-state index contributed by atoms with van der Waals surface area (Å²) in [5.41, 5.74) is 2.46. The van der Waals surface area contributed by atoms with Crippen LogP contribution in [0.2, 0.25) is 0 Å². The molecule has 0 aliphatic heterocycles. The minimum absolute atomic E-state index is 0.0827. The summed E-state index contributed by atoms with van der Waals surface area (Å²) in [7, 11) is 1.62. The fraction of sp³-hybridized carbons (Fsp3) is 0.222. The predicted octanol–water partition coefficient (Wildman–Crippen LogP) is 3.81. The van der Waals surface area contributed by atoms with Gasteiger partial charge in [0, 0.05) is 5.56 Å². The predicted molar refractivity (Wildman–Crippen MR) is 94.3 cm³/mol. The van der Waals surface area contributed by atoms with E-state index in [0.717, 1.165) is 22.4 Å². The molecule has 3 rings (SSSR count). The van der Waals surface area contributed by atoms with Crippen molar-refractivity contribution < 1.29 is 13.9 Å². The van der Waals surface area contributed by atoms with Gasteiger partial charge in [-0.05, 0) is 25.1 Å². The number of ether oxygens (including phenoxy) is 1. The zero-order valence-corrected chi connectivity index (χ0v) is 14.3. The van der Waals surface area contributed by atoms with E-state index in [1.165, 1.54) is 11.8 Å². The SMILES string of the molecule is COc1ccccc1C(C)NC(=O)CSc1nc2ccccc2o1. The number of carbonyl (C=O) groups is 1. The third kappa shape index (κ3) is 3.71. The second kappa shape index (κ2) is 7.40. The molecular formula is C18H18N2O3S. The average molecular weight is 342 g/mol. The molecule has 0 aliphatic rings. The number of nitrogens with zero attached hydrogens (tertiary/aromatic N) is 1. The Balaban J connectivity index is 1.59. The standard InChI is InChI=1S/C18H18N2O3S/c1-12(13-7-3-5-9-15(13)22-2)19-17(21)11-24-18-20-14-8-4-6-10-16(14)23-18/h3-10,12H,11H2,1-2H3,(H,19,21). The lowest BCUT2D eigenvalue weighted by molar-refractivity contribution is -0.119. The van der Waals surface area contributed by atoms with Crippen LogP contribution in [0.25, 0.3) is 11.1 Å². The molecule has 124 valence electrons. The summed E-state index contributed by atoms with van der Waals surface area (Å²) in [5, 5.41) is 3.46. The van der Waals surface area contributed by atoms with Crippen molar-refractivity contribution in [3.63, 3.8) is 0 Å². The number of hydrogen-bond donors (Lipinski definition) is 1. The van der Waals surface area contributed by atoms with Crippen molar-refractivity contribution in [2.24, 2.45) is 0 Å². The second-order valence-electron chi connectivity index (χ2n) is 5.27. The van der Waals surface area contributed by atoms with Gasteiger partial charge in [-0.25, -0.2) is 4.98 Å². The molecule has 5 nitrogen and oxygen atoms in total.